The Balaban J connectivity index is 1.70. The van der Waals surface area contributed by atoms with Gasteiger partial charge in [-0.15, -0.1) is 10.2 Å². The molecule has 0 spiro atoms. The summed E-state index contributed by atoms with van der Waals surface area (Å²) in [5.74, 6) is 1.02. The molecule has 2 aromatic carbocycles. The molecule has 1 aromatic heterocycles. The highest BCUT2D eigenvalue weighted by Gasteiger charge is 2.36. The number of anilines is 2. The standard InChI is InChI=1S/C20H20N4O2/c1-15-21-22-19(26-15)18-13-8-14-23(18)20(25)24(16-9-4-2-5-10-16)17-11-6-3-7-12-17/h2-7,9-12,18H,8,13-14H2,1H3/t18-/m0/s1. The molecule has 0 bridgehead atoms. The van der Waals surface area contributed by atoms with Crippen LogP contribution in [0.25, 0.3) is 0 Å². The minimum Gasteiger partial charge on any atom is -0.423 e. The fourth-order valence-corrected chi connectivity index (χ4v) is 3.35. The number of carbonyl (C=O) groups is 1. The van der Waals surface area contributed by atoms with Gasteiger partial charge < -0.3 is 9.32 Å². The van der Waals surface area contributed by atoms with Crippen molar-refractivity contribution in [3.05, 3.63) is 72.4 Å². The van der Waals surface area contributed by atoms with Crippen molar-refractivity contribution >= 4 is 17.4 Å². The van der Waals surface area contributed by atoms with E-state index in [2.05, 4.69) is 10.2 Å². The molecule has 1 atom stereocenters. The molecule has 1 aliphatic rings. The number of hydrogen-bond donors (Lipinski definition) is 0. The highest BCUT2D eigenvalue weighted by molar-refractivity contribution is 5.99. The predicted octanol–water partition coefficient (Wildman–Crippen LogP) is 4.47. The van der Waals surface area contributed by atoms with Crippen LogP contribution in [0.5, 0.6) is 0 Å². The van der Waals surface area contributed by atoms with Crippen molar-refractivity contribution in [2.24, 2.45) is 0 Å². The van der Waals surface area contributed by atoms with Crippen molar-refractivity contribution in [1.29, 1.82) is 0 Å². The first kappa shape index (κ1) is 16.3. The lowest BCUT2D eigenvalue weighted by atomic mass is 10.2. The van der Waals surface area contributed by atoms with Gasteiger partial charge in [-0.25, -0.2) is 4.79 Å². The van der Waals surface area contributed by atoms with Crippen LogP contribution in [-0.4, -0.2) is 27.7 Å². The summed E-state index contributed by atoms with van der Waals surface area (Å²) in [6.45, 7) is 2.43. The van der Waals surface area contributed by atoms with Crippen molar-refractivity contribution in [3.8, 4) is 0 Å². The topological polar surface area (TPSA) is 62.5 Å². The van der Waals surface area contributed by atoms with Crippen LogP contribution in [0.3, 0.4) is 0 Å². The van der Waals surface area contributed by atoms with Crippen LogP contribution in [0.2, 0.25) is 0 Å². The van der Waals surface area contributed by atoms with Crippen LogP contribution in [0, 0.1) is 6.92 Å². The maximum Gasteiger partial charge on any atom is 0.329 e. The van der Waals surface area contributed by atoms with E-state index in [1.54, 1.807) is 11.8 Å². The molecule has 2 amide bonds. The summed E-state index contributed by atoms with van der Waals surface area (Å²) in [5.41, 5.74) is 1.66. The first-order valence-electron chi connectivity index (χ1n) is 8.75. The van der Waals surface area contributed by atoms with Crippen molar-refractivity contribution in [2.45, 2.75) is 25.8 Å². The lowest BCUT2D eigenvalue weighted by molar-refractivity contribution is 0.193. The SMILES string of the molecule is Cc1nnc([C@@H]2CCCN2C(=O)N(c2ccccc2)c2ccccc2)o1. The van der Waals surface area contributed by atoms with Crippen LogP contribution in [0.1, 0.15) is 30.7 Å². The van der Waals surface area contributed by atoms with Crippen molar-refractivity contribution < 1.29 is 9.21 Å². The molecular formula is C20H20N4O2. The number of aryl methyl sites for hydroxylation is 1. The van der Waals surface area contributed by atoms with E-state index in [1.807, 2.05) is 65.6 Å². The number of amides is 2. The smallest absolute Gasteiger partial charge is 0.329 e. The molecule has 0 N–H and O–H groups in total. The van der Waals surface area contributed by atoms with Crippen LogP contribution in [0.15, 0.2) is 65.1 Å². The lowest BCUT2D eigenvalue weighted by Gasteiger charge is -2.30. The number of nitrogens with zero attached hydrogens (tertiary/aromatic N) is 4. The molecule has 0 unspecified atom stereocenters. The molecule has 132 valence electrons. The maximum absolute atomic E-state index is 13.5. The fourth-order valence-electron chi connectivity index (χ4n) is 3.35. The zero-order valence-electron chi connectivity index (χ0n) is 14.6. The first-order chi connectivity index (χ1) is 12.7. The minimum atomic E-state index is -0.182. The van der Waals surface area contributed by atoms with E-state index in [-0.39, 0.29) is 12.1 Å². The van der Waals surface area contributed by atoms with Crippen LogP contribution < -0.4 is 4.90 Å². The summed E-state index contributed by atoms with van der Waals surface area (Å²) in [7, 11) is 0. The van der Waals surface area contributed by atoms with Gasteiger partial charge in [-0.1, -0.05) is 36.4 Å². The van der Waals surface area contributed by atoms with Gasteiger partial charge in [-0.05, 0) is 37.1 Å². The fraction of sp³-hybridized carbons (Fsp3) is 0.250. The van der Waals surface area contributed by atoms with Gasteiger partial charge >= 0.3 is 6.03 Å². The Morgan fingerprint density at radius 1 is 1.04 bits per heavy atom. The van der Waals surface area contributed by atoms with E-state index in [4.69, 9.17) is 4.42 Å². The van der Waals surface area contributed by atoms with Gasteiger partial charge in [0.2, 0.25) is 11.8 Å². The molecule has 1 aliphatic heterocycles. The molecule has 26 heavy (non-hydrogen) atoms. The van der Waals surface area contributed by atoms with Crippen LogP contribution in [-0.2, 0) is 0 Å². The number of aromatic nitrogens is 2. The molecule has 0 aliphatic carbocycles. The third-order valence-electron chi connectivity index (χ3n) is 4.55. The van der Waals surface area contributed by atoms with Gasteiger partial charge in [0.15, 0.2) is 0 Å². The molecule has 1 saturated heterocycles. The quantitative estimate of drug-likeness (QED) is 0.700. The number of urea groups is 1. The Morgan fingerprint density at radius 2 is 1.65 bits per heavy atom. The molecule has 1 fully saturated rings. The summed E-state index contributed by atoms with van der Waals surface area (Å²) in [6.07, 6.45) is 1.74. The molecule has 4 rings (SSSR count). The van der Waals surface area contributed by atoms with Crippen molar-refractivity contribution in [2.75, 3.05) is 11.4 Å². The summed E-state index contributed by atoms with van der Waals surface area (Å²) < 4.78 is 5.60. The average Bonchev–Trinajstić information content (AvgIpc) is 3.32. The van der Waals surface area contributed by atoms with E-state index >= 15 is 0 Å². The third-order valence-corrected chi connectivity index (χ3v) is 4.55. The highest BCUT2D eigenvalue weighted by atomic mass is 16.4. The van der Waals surface area contributed by atoms with E-state index in [9.17, 15) is 4.79 Å². The average molecular weight is 348 g/mol. The number of para-hydroxylation sites is 2. The van der Waals surface area contributed by atoms with E-state index < -0.39 is 0 Å². The molecule has 3 aromatic rings. The lowest BCUT2D eigenvalue weighted by Crippen LogP contribution is -2.40. The number of hydrogen-bond acceptors (Lipinski definition) is 4. The normalized spacial score (nSPS) is 16.7. The number of rotatable bonds is 3. The van der Waals surface area contributed by atoms with Crippen molar-refractivity contribution in [3.63, 3.8) is 0 Å². The van der Waals surface area contributed by atoms with Gasteiger partial charge in [0.25, 0.3) is 0 Å². The molecule has 6 nitrogen and oxygen atoms in total. The van der Waals surface area contributed by atoms with Crippen LogP contribution in [0.4, 0.5) is 16.2 Å². The molecule has 0 saturated carbocycles. The molecule has 6 heteroatoms. The summed E-state index contributed by atoms with van der Waals surface area (Å²) in [4.78, 5) is 17.1. The van der Waals surface area contributed by atoms with Gasteiger partial charge in [-0.3, -0.25) is 4.90 Å². The van der Waals surface area contributed by atoms with E-state index in [1.165, 1.54) is 0 Å². The third kappa shape index (κ3) is 3.06. The summed E-state index contributed by atoms with van der Waals surface area (Å²) in [6, 6.07) is 19.1. The Bertz CT molecular complexity index is 840. The van der Waals surface area contributed by atoms with Gasteiger partial charge in [0.05, 0.1) is 11.4 Å². The van der Waals surface area contributed by atoms with Gasteiger partial charge in [-0.2, -0.15) is 0 Å². The Kier molecular flexibility index (Phi) is 4.39. The first-order valence-corrected chi connectivity index (χ1v) is 8.75. The second kappa shape index (κ2) is 7.00. The monoisotopic (exact) mass is 348 g/mol. The Labute approximate surface area is 152 Å². The zero-order chi connectivity index (χ0) is 17.9. The molecule has 0 radical (unpaired) electrons. The second-order valence-corrected chi connectivity index (χ2v) is 6.30. The maximum atomic E-state index is 13.5. The van der Waals surface area contributed by atoms with Crippen LogP contribution >= 0.6 is 0 Å². The zero-order valence-corrected chi connectivity index (χ0v) is 14.6. The number of likely N-dealkylation sites (tertiary alicyclic amines) is 1. The summed E-state index contributed by atoms with van der Waals surface area (Å²) >= 11 is 0. The van der Waals surface area contributed by atoms with E-state index in [0.29, 0.717) is 18.3 Å². The Morgan fingerprint density at radius 3 is 2.19 bits per heavy atom. The summed E-state index contributed by atoms with van der Waals surface area (Å²) in [5, 5.41) is 8.05. The predicted molar refractivity (Wildman–Crippen MR) is 98.1 cm³/mol. The number of benzene rings is 2. The van der Waals surface area contributed by atoms with Gasteiger partial charge in [0.1, 0.15) is 6.04 Å². The van der Waals surface area contributed by atoms with E-state index in [0.717, 1.165) is 24.2 Å². The second-order valence-electron chi connectivity index (χ2n) is 6.30. The highest BCUT2D eigenvalue weighted by Crippen LogP contribution is 2.35. The molecular weight excluding hydrogens is 328 g/mol. The number of carbonyl (C=O) groups excluding carboxylic acids is 1. The minimum absolute atomic E-state index is 0.0826. The largest absolute Gasteiger partial charge is 0.423 e. The van der Waals surface area contributed by atoms with Crippen molar-refractivity contribution in [1.82, 2.24) is 15.1 Å². The molecule has 2 heterocycles. The Hall–Kier alpha value is -3.15. The van der Waals surface area contributed by atoms with Gasteiger partial charge in [0, 0.05) is 13.5 Å².